The summed E-state index contributed by atoms with van der Waals surface area (Å²) in [7, 11) is 0. The summed E-state index contributed by atoms with van der Waals surface area (Å²) in [4.78, 5) is 4.24. The summed E-state index contributed by atoms with van der Waals surface area (Å²) in [6.07, 6.45) is 3.36. The van der Waals surface area contributed by atoms with Crippen molar-refractivity contribution in [2.75, 3.05) is 6.54 Å². The average Bonchev–Trinajstić information content (AvgIpc) is 2.86. The van der Waals surface area contributed by atoms with Crippen molar-refractivity contribution in [2.45, 2.75) is 26.8 Å². The van der Waals surface area contributed by atoms with E-state index in [4.69, 9.17) is 8.83 Å². The molecule has 1 atom stereocenters. The predicted octanol–water partition coefficient (Wildman–Crippen LogP) is 2.91. The van der Waals surface area contributed by atoms with Crippen LogP contribution in [0.5, 0.6) is 0 Å². The Kier molecular flexibility index (Phi) is 3.10. The number of oxazole rings is 1. The molecule has 1 N–H and O–H groups in total. The summed E-state index contributed by atoms with van der Waals surface area (Å²) in [6.45, 7) is 6.94. The molecule has 4 nitrogen and oxygen atoms in total. The molecule has 0 aliphatic rings. The van der Waals surface area contributed by atoms with Crippen LogP contribution < -0.4 is 5.32 Å². The van der Waals surface area contributed by atoms with Gasteiger partial charge in [0.2, 0.25) is 5.89 Å². The maximum atomic E-state index is 5.66. The number of hydrogen-bond donors (Lipinski definition) is 1. The number of nitrogens with one attached hydrogen (secondary N) is 1. The normalized spacial score (nSPS) is 12.9. The van der Waals surface area contributed by atoms with Crippen LogP contribution in [0.25, 0.3) is 11.5 Å². The van der Waals surface area contributed by atoms with Gasteiger partial charge < -0.3 is 14.2 Å². The Morgan fingerprint density at radius 2 is 2.31 bits per heavy atom. The van der Waals surface area contributed by atoms with Gasteiger partial charge in [-0.2, -0.15) is 0 Å². The third kappa shape index (κ3) is 2.02. The van der Waals surface area contributed by atoms with Crippen LogP contribution in [0.1, 0.15) is 31.3 Å². The fourth-order valence-electron chi connectivity index (χ4n) is 1.61. The van der Waals surface area contributed by atoms with Crippen LogP contribution in [0.3, 0.4) is 0 Å². The van der Waals surface area contributed by atoms with Gasteiger partial charge in [-0.25, -0.2) is 4.98 Å². The highest BCUT2D eigenvalue weighted by Gasteiger charge is 2.15. The first-order chi connectivity index (χ1) is 7.72. The van der Waals surface area contributed by atoms with Gasteiger partial charge in [-0.05, 0) is 32.0 Å². The maximum absolute atomic E-state index is 5.66. The molecule has 0 bridgehead atoms. The zero-order chi connectivity index (χ0) is 11.5. The molecule has 0 aromatic carbocycles. The van der Waals surface area contributed by atoms with Crippen LogP contribution in [0.15, 0.2) is 27.4 Å². The Hall–Kier alpha value is -1.55. The minimum Gasteiger partial charge on any atom is -0.461 e. The lowest BCUT2D eigenvalue weighted by Gasteiger charge is -2.06. The summed E-state index contributed by atoms with van der Waals surface area (Å²) in [6, 6.07) is 2.03. The zero-order valence-corrected chi connectivity index (χ0v) is 9.78. The smallest absolute Gasteiger partial charge is 0.211 e. The number of aryl methyl sites for hydroxylation is 1. The Labute approximate surface area is 94.7 Å². The monoisotopic (exact) mass is 220 g/mol. The average molecular weight is 220 g/mol. The lowest BCUT2D eigenvalue weighted by molar-refractivity contribution is 0.420. The topological polar surface area (TPSA) is 51.2 Å². The third-order valence-electron chi connectivity index (χ3n) is 2.49. The molecule has 0 aliphatic heterocycles. The molecule has 2 heterocycles. The van der Waals surface area contributed by atoms with Crippen LogP contribution in [-0.4, -0.2) is 11.5 Å². The minimum absolute atomic E-state index is 0.119. The van der Waals surface area contributed by atoms with E-state index in [0.717, 1.165) is 17.9 Å². The lowest BCUT2D eigenvalue weighted by Crippen LogP contribution is -2.17. The van der Waals surface area contributed by atoms with Crippen molar-refractivity contribution in [3.8, 4) is 11.5 Å². The molecule has 0 saturated carbocycles. The molecule has 0 spiro atoms. The highest BCUT2D eigenvalue weighted by molar-refractivity contribution is 5.53. The van der Waals surface area contributed by atoms with Crippen LogP contribution in [0, 0.1) is 6.92 Å². The first-order valence-corrected chi connectivity index (χ1v) is 5.46. The first kappa shape index (κ1) is 11.0. The van der Waals surface area contributed by atoms with E-state index in [1.807, 2.05) is 19.9 Å². The van der Waals surface area contributed by atoms with Gasteiger partial charge in [0.15, 0.2) is 11.5 Å². The Bertz CT molecular complexity index is 459. The van der Waals surface area contributed by atoms with Crippen LogP contribution in [0.2, 0.25) is 0 Å². The summed E-state index contributed by atoms with van der Waals surface area (Å²) in [5.41, 5.74) is 1.05. The first-order valence-electron chi connectivity index (χ1n) is 5.46. The second-order valence-electron chi connectivity index (χ2n) is 3.77. The van der Waals surface area contributed by atoms with E-state index < -0.39 is 0 Å². The largest absolute Gasteiger partial charge is 0.461 e. The van der Waals surface area contributed by atoms with Crippen molar-refractivity contribution in [2.24, 2.45) is 0 Å². The molecule has 1 unspecified atom stereocenters. The SMILES string of the molecule is CCNC(C)c1ncc(-c2occc2C)o1. The van der Waals surface area contributed by atoms with Crippen LogP contribution in [-0.2, 0) is 0 Å². The van der Waals surface area contributed by atoms with Crippen molar-refractivity contribution >= 4 is 0 Å². The molecule has 0 amide bonds. The fourth-order valence-corrected chi connectivity index (χ4v) is 1.61. The van der Waals surface area contributed by atoms with Crippen LogP contribution >= 0.6 is 0 Å². The number of furan rings is 1. The van der Waals surface area contributed by atoms with Gasteiger partial charge >= 0.3 is 0 Å². The molecule has 16 heavy (non-hydrogen) atoms. The molecule has 2 aromatic rings. The predicted molar refractivity (Wildman–Crippen MR) is 61.0 cm³/mol. The Balaban J connectivity index is 2.23. The summed E-state index contributed by atoms with van der Waals surface area (Å²) >= 11 is 0. The van der Waals surface area contributed by atoms with Gasteiger partial charge in [-0.3, -0.25) is 0 Å². The number of rotatable bonds is 4. The van der Waals surface area contributed by atoms with E-state index >= 15 is 0 Å². The zero-order valence-electron chi connectivity index (χ0n) is 9.78. The molecule has 0 saturated heterocycles. The van der Waals surface area contributed by atoms with E-state index in [2.05, 4.69) is 17.2 Å². The molecular formula is C12H16N2O2. The Morgan fingerprint density at radius 3 is 2.94 bits per heavy atom. The Morgan fingerprint density at radius 1 is 1.50 bits per heavy atom. The van der Waals surface area contributed by atoms with Crippen molar-refractivity contribution in [3.05, 3.63) is 30.0 Å². The summed E-state index contributed by atoms with van der Waals surface area (Å²) in [5.74, 6) is 2.12. The van der Waals surface area contributed by atoms with Gasteiger partial charge in [0.1, 0.15) is 0 Å². The minimum atomic E-state index is 0.119. The van der Waals surface area contributed by atoms with Gasteiger partial charge in [-0.1, -0.05) is 6.92 Å². The lowest BCUT2D eigenvalue weighted by atomic mass is 10.2. The molecule has 0 radical (unpaired) electrons. The van der Waals surface area contributed by atoms with Crippen molar-refractivity contribution in [1.29, 1.82) is 0 Å². The summed E-state index contributed by atoms with van der Waals surface area (Å²) < 4.78 is 11.0. The van der Waals surface area contributed by atoms with Gasteiger partial charge in [0, 0.05) is 0 Å². The molecule has 0 fully saturated rings. The molecule has 0 aliphatic carbocycles. The highest BCUT2D eigenvalue weighted by atomic mass is 16.4. The quantitative estimate of drug-likeness (QED) is 0.860. The van der Waals surface area contributed by atoms with E-state index in [1.54, 1.807) is 12.5 Å². The molecule has 2 rings (SSSR count). The highest BCUT2D eigenvalue weighted by Crippen LogP contribution is 2.26. The van der Waals surface area contributed by atoms with Crippen molar-refractivity contribution < 1.29 is 8.83 Å². The van der Waals surface area contributed by atoms with E-state index in [-0.39, 0.29) is 6.04 Å². The standard InChI is InChI=1S/C12H16N2O2/c1-4-13-9(3)12-14-7-10(16-12)11-8(2)5-6-15-11/h5-7,9,13H,4H2,1-3H3. The van der Waals surface area contributed by atoms with Gasteiger partial charge in [0.05, 0.1) is 18.5 Å². The second-order valence-corrected chi connectivity index (χ2v) is 3.77. The molecule has 86 valence electrons. The molecule has 2 aromatic heterocycles. The van der Waals surface area contributed by atoms with Gasteiger partial charge in [-0.15, -0.1) is 0 Å². The van der Waals surface area contributed by atoms with Crippen LogP contribution in [0.4, 0.5) is 0 Å². The summed E-state index contributed by atoms with van der Waals surface area (Å²) in [5, 5.41) is 3.25. The van der Waals surface area contributed by atoms with Crippen molar-refractivity contribution in [1.82, 2.24) is 10.3 Å². The number of nitrogens with zero attached hydrogens (tertiary/aromatic N) is 1. The number of aromatic nitrogens is 1. The molecule has 4 heteroatoms. The molecular weight excluding hydrogens is 204 g/mol. The van der Waals surface area contributed by atoms with E-state index in [9.17, 15) is 0 Å². The van der Waals surface area contributed by atoms with Crippen molar-refractivity contribution in [3.63, 3.8) is 0 Å². The number of hydrogen-bond acceptors (Lipinski definition) is 4. The second kappa shape index (κ2) is 4.53. The fraction of sp³-hybridized carbons (Fsp3) is 0.417. The van der Waals surface area contributed by atoms with E-state index in [0.29, 0.717) is 11.7 Å². The van der Waals surface area contributed by atoms with Gasteiger partial charge in [0.25, 0.3) is 0 Å². The maximum Gasteiger partial charge on any atom is 0.211 e. The third-order valence-corrected chi connectivity index (χ3v) is 2.49. The van der Waals surface area contributed by atoms with E-state index in [1.165, 1.54) is 0 Å².